The summed E-state index contributed by atoms with van der Waals surface area (Å²) in [6.07, 6.45) is 0. The number of rotatable bonds is 3. The predicted octanol–water partition coefficient (Wildman–Crippen LogP) is 2.06. The average molecular weight is 221 g/mol. The molecule has 88 valence electrons. The maximum atomic E-state index is 11.5. The van der Waals surface area contributed by atoms with Crippen LogP contribution in [0.3, 0.4) is 0 Å². The first-order chi connectivity index (χ1) is 7.54. The van der Waals surface area contributed by atoms with Gasteiger partial charge in [0.2, 0.25) is 0 Å². The molecule has 0 radical (unpaired) electrons. The highest BCUT2D eigenvalue weighted by molar-refractivity contribution is 5.88. The Morgan fingerprint density at radius 3 is 2.62 bits per heavy atom. The molecule has 4 nitrogen and oxygen atoms in total. The van der Waals surface area contributed by atoms with Gasteiger partial charge in [0.25, 0.3) is 0 Å². The van der Waals surface area contributed by atoms with Crippen molar-refractivity contribution in [2.24, 2.45) is 0 Å². The van der Waals surface area contributed by atoms with Crippen molar-refractivity contribution in [1.82, 2.24) is 10.2 Å². The summed E-state index contributed by atoms with van der Waals surface area (Å²) in [4.78, 5) is 13.0. The zero-order valence-corrected chi connectivity index (χ0v) is 10.2. The van der Waals surface area contributed by atoms with E-state index in [9.17, 15) is 4.79 Å². The first kappa shape index (κ1) is 12.5. The van der Waals surface area contributed by atoms with Crippen molar-refractivity contribution in [2.45, 2.75) is 13.0 Å². The van der Waals surface area contributed by atoms with Crippen LogP contribution in [0.2, 0.25) is 0 Å². The van der Waals surface area contributed by atoms with E-state index < -0.39 is 0 Å². The van der Waals surface area contributed by atoms with Gasteiger partial charge in [-0.05, 0) is 31.7 Å². The first-order valence-corrected chi connectivity index (χ1v) is 5.30. The fourth-order valence-electron chi connectivity index (χ4n) is 1.29. The monoisotopic (exact) mass is 221 g/mol. The number of amides is 2. The second kappa shape index (κ2) is 5.51. The molecule has 0 aliphatic carbocycles. The third-order valence-electron chi connectivity index (χ3n) is 2.48. The SMILES string of the molecule is CNC(C)c1cccc(NC(=O)N(C)C)c1. The Morgan fingerprint density at radius 2 is 2.06 bits per heavy atom. The van der Waals surface area contributed by atoms with Crippen LogP contribution in [-0.4, -0.2) is 32.1 Å². The molecule has 2 N–H and O–H groups in total. The number of benzene rings is 1. The highest BCUT2D eigenvalue weighted by Gasteiger charge is 2.06. The molecule has 0 saturated heterocycles. The summed E-state index contributed by atoms with van der Waals surface area (Å²) in [6, 6.07) is 7.99. The molecule has 1 unspecified atom stereocenters. The van der Waals surface area contributed by atoms with E-state index in [1.807, 2.05) is 31.3 Å². The van der Waals surface area contributed by atoms with Crippen molar-refractivity contribution in [3.63, 3.8) is 0 Å². The molecule has 0 heterocycles. The van der Waals surface area contributed by atoms with Crippen LogP contribution in [-0.2, 0) is 0 Å². The van der Waals surface area contributed by atoms with Gasteiger partial charge in [-0.15, -0.1) is 0 Å². The fourth-order valence-corrected chi connectivity index (χ4v) is 1.29. The molecule has 0 bridgehead atoms. The Balaban J connectivity index is 2.78. The zero-order valence-electron chi connectivity index (χ0n) is 10.2. The number of anilines is 1. The van der Waals surface area contributed by atoms with E-state index in [4.69, 9.17) is 0 Å². The lowest BCUT2D eigenvalue weighted by Gasteiger charge is -2.15. The van der Waals surface area contributed by atoms with Gasteiger partial charge in [0.05, 0.1) is 0 Å². The largest absolute Gasteiger partial charge is 0.331 e. The number of carbonyl (C=O) groups excluding carboxylic acids is 1. The lowest BCUT2D eigenvalue weighted by atomic mass is 10.1. The van der Waals surface area contributed by atoms with E-state index in [1.54, 1.807) is 14.1 Å². The van der Waals surface area contributed by atoms with Gasteiger partial charge in [-0.1, -0.05) is 12.1 Å². The third-order valence-corrected chi connectivity index (χ3v) is 2.48. The number of nitrogens with one attached hydrogen (secondary N) is 2. The zero-order chi connectivity index (χ0) is 12.1. The van der Waals surface area contributed by atoms with Gasteiger partial charge >= 0.3 is 6.03 Å². The summed E-state index contributed by atoms with van der Waals surface area (Å²) in [6.45, 7) is 2.08. The molecular weight excluding hydrogens is 202 g/mol. The molecule has 16 heavy (non-hydrogen) atoms. The van der Waals surface area contributed by atoms with Crippen molar-refractivity contribution >= 4 is 11.7 Å². The molecule has 0 spiro atoms. The van der Waals surface area contributed by atoms with Gasteiger partial charge < -0.3 is 15.5 Å². The summed E-state index contributed by atoms with van der Waals surface area (Å²) < 4.78 is 0. The minimum Gasteiger partial charge on any atom is -0.331 e. The Kier molecular flexibility index (Phi) is 4.31. The molecule has 0 aromatic heterocycles. The average Bonchev–Trinajstić information content (AvgIpc) is 2.28. The molecule has 1 aromatic carbocycles. The molecule has 1 rings (SSSR count). The van der Waals surface area contributed by atoms with Crippen LogP contribution >= 0.6 is 0 Å². The predicted molar refractivity (Wildman–Crippen MR) is 66.6 cm³/mol. The number of hydrogen-bond donors (Lipinski definition) is 2. The quantitative estimate of drug-likeness (QED) is 0.820. The Morgan fingerprint density at radius 1 is 1.38 bits per heavy atom. The number of urea groups is 1. The van der Waals surface area contributed by atoms with E-state index in [0.717, 1.165) is 11.3 Å². The molecule has 0 aliphatic rings. The van der Waals surface area contributed by atoms with Crippen LogP contribution in [0.1, 0.15) is 18.5 Å². The minimum atomic E-state index is -0.116. The molecule has 1 aromatic rings. The van der Waals surface area contributed by atoms with E-state index in [0.29, 0.717) is 0 Å². The second-order valence-electron chi connectivity index (χ2n) is 3.96. The van der Waals surface area contributed by atoms with Gasteiger partial charge in [0.15, 0.2) is 0 Å². The van der Waals surface area contributed by atoms with Gasteiger partial charge in [-0.25, -0.2) is 4.79 Å². The van der Waals surface area contributed by atoms with Gasteiger partial charge in [0, 0.05) is 25.8 Å². The fraction of sp³-hybridized carbons (Fsp3) is 0.417. The third kappa shape index (κ3) is 3.24. The summed E-state index contributed by atoms with van der Waals surface area (Å²) in [5.41, 5.74) is 1.97. The van der Waals surface area contributed by atoms with Gasteiger partial charge in [0.1, 0.15) is 0 Å². The highest BCUT2D eigenvalue weighted by Crippen LogP contribution is 2.17. The summed E-state index contributed by atoms with van der Waals surface area (Å²) in [7, 11) is 5.35. The standard InChI is InChI=1S/C12H19N3O/c1-9(13-2)10-6-5-7-11(8-10)14-12(16)15(3)4/h5-9,13H,1-4H3,(H,14,16). The van der Waals surface area contributed by atoms with Gasteiger partial charge in [-0.2, -0.15) is 0 Å². The lowest BCUT2D eigenvalue weighted by molar-refractivity contribution is 0.230. The van der Waals surface area contributed by atoms with Crippen molar-refractivity contribution in [3.8, 4) is 0 Å². The van der Waals surface area contributed by atoms with E-state index >= 15 is 0 Å². The van der Waals surface area contributed by atoms with Crippen LogP contribution in [0, 0.1) is 0 Å². The van der Waals surface area contributed by atoms with Crippen LogP contribution in [0.5, 0.6) is 0 Å². The molecule has 0 aliphatic heterocycles. The van der Waals surface area contributed by atoms with Crippen molar-refractivity contribution < 1.29 is 4.79 Å². The smallest absolute Gasteiger partial charge is 0.321 e. The second-order valence-corrected chi connectivity index (χ2v) is 3.96. The van der Waals surface area contributed by atoms with Crippen molar-refractivity contribution in [3.05, 3.63) is 29.8 Å². The number of carbonyl (C=O) groups is 1. The van der Waals surface area contributed by atoms with Crippen LogP contribution in [0.4, 0.5) is 10.5 Å². The summed E-state index contributed by atoms with van der Waals surface area (Å²) in [5, 5.41) is 5.98. The Hall–Kier alpha value is -1.55. The molecule has 0 saturated carbocycles. The van der Waals surface area contributed by atoms with E-state index in [2.05, 4.69) is 17.6 Å². The topological polar surface area (TPSA) is 44.4 Å². The van der Waals surface area contributed by atoms with Crippen LogP contribution < -0.4 is 10.6 Å². The minimum absolute atomic E-state index is 0.116. The molecule has 1 atom stereocenters. The Labute approximate surface area is 96.6 Å². The summed E-state index contributed by atoms with van der Waals surface area (Å²) >= 11 is 0. The lowest BCUT2D eigenvalue weighted by Crippen LogP contribution is -2.27. The van der Waals surface area contributed by atoms with Crippen molar-refractivity contribution in [1.29, 1.82) is 0 Å². The Bertz CT molecular complexity index is 363. The van der Waals surface area contributed by atoms with E-state index in [-0.39, 0.29) is 12.1 Å². The maximum Gasteiger partial charge on any atom is 0.321 e. The highest BCUT2D eigenvalue weighted by atomic mass is 16.2. The molecular formula is C12H19N3O. The van der Waals surface area contributed by atoms with Crippen molar-refractivity contribution in [2.75, 3.05) is 26.5 Å². The van der Waals surface area contributed by atoms with Gasteiger partial charge in [-0.3, -0.25) is 0 Å². The summed E-state index contributed by atoms with van der Waals surface area (Å²) in [5.74, 6) is 0. The molecule has 4 heteroatoms. The molecule has 2 amide bonds. The number of nitrogens with zero attached hydrogens (tertiary/aromatic N) is 1. The number of hydrogen-bond acceptors (Lipinski definition) is 2. The van der Waals surface area contributed by atoms with E-state index in [1.165, 1.54) is 4.90 Å². The van der Waals surface area contributed by atoms with Crippen LogP contribution in [0.15, 0.2) is 24.3 Å². The normalized spacial score (nSPS) is 12.0. The molecule has 0 fully saturated rings. The van der Waals surface area contributed by atoms with Crippen LogP contribution in [0.25, 0.3) is 0 Å². The maximum absolute atomic E-state index is 11.5. The first-order valence-electron chi connectivity index (χ1n) is 5.30.